The summed E-state index contributed by atoms with van der Waals surface area (Å²) in [5.41, 5.74) is -0.412. The van der Waals surface area contributed by atoms with Gasteiger partial charge in [0.1, 0.15) is 0 Å². The Labute approximate surface area is 55.2 Å². The minimum Gasteiger partial charge on any atom is -0.475 e. The third-order valence-electron chi connectivity index (χ3n) is 1.12. The van der Waals surface area contributed by atoms with Gasteiger partial charge in [0.25, 0.3) is 5.56 Å². The third-order valence-corrected chi connectivity index (χ3v) is 1.12. The molecule has 5 nitrogen and oxygen atoms in total. The molecule has 10 heavy (non-hydrogen) atoms. The van der Waals surface area contributed by atoms with Crippen molar-refractivity contribution in [2.24, 2.45) is 0 Å². The third kappa shape index (κ3) is 0.812. The van der Waals surface area contributed by atoms with Crippen LogP contribution in [0.3, 0.4) is 0 Å². The molecule has 0 aliphatic carbocycles. The molecular formula is C5H5NO4. The lowest BCUT2D eigenvalue weighted by molar-refractivity contribution is 0.0651. The first-order valence-corrected chi connectivity index (χ1v) is 2.54. The molecule has 5 heteroatoms. The van der Waals surface area contributed by atoms with Gasteiger partial charge in [-0.2, -0.15) is 5.16 Å². The van der Waals surface area contributed by atoms with Gasteiger partial charge in [-0.3, -0.25) is 4.79 Å². The fourth-order valence-electron chi connectivity index (χ4n) is 0.558. The Bertz CT molecular complexity index is 308. The van der Waals surface area contributed by atoms with E-state index in [1.165, 1.54) is 6.92 Å². The van der Waals surface area contributed by atoms with Gasteiger partial charge in [0, 0.05) is 0 Å². The fourth-order valence-corrected chi connectivity index (χ4v) is 0.558. The van der Waals surface area contributed by atoms with Gasteiger partial charge in [-0.25, -0.2) is 4.79 Å². The number of hydrogen-bond acceptors (Lipinski definition) is 3. The zero-order valence-electron chi connectivity index (χ0n) is 5.17. The summed E-state index contributed by atoms with van der Waals surface area (Å²) in [5.74, 6) is -1.57. The van der Waals surface area contributed by atoms with Gasteiger partial charge < -0.3 is 9.63 Å². The van der Waals surface area contributed by atoms with Crippen molar-refractivity contribution >= 4 is 5.97 Å². The summed E-state index contributed by atoms with van der Waals surface area (Å²) in [7, 11) is 0. The van der Waals surface area contributed by atoms with Crippen molar-refractivity contribution in [2.75, 3.05) is 0 Å². The molecule has 0 aliphatic rings. The zero-order valence-corrected chi connectivity index (χ0v) is 5.17. The molecule has 0 bridgehead atoms. The van der Waals surface area contributed by atoms with Crippen molar-refractivity contribution in [3.05, 3.63) is 21.7 Å². The number of nitrogens with one attached hydrogen (secondary N) is 1. The molecule has 0 aromatic carbocycles. The number of aromatic nitrogens is 1. The van der Waals surface area contributed by atoms with Crippen LogP contribution in [0.2, 0.25) is 0 Å². The van der Waals surface area contributed by atoms with E-state index < -0.39 is 11.5 Å². The Balaban J connectivity index is 3.31. The fraction of sp³-hybridized carbons (Fsp3) is 0.200. The molecule has 2 N–H and O–H groups in total. The molecule has 54 valence electrons. The lowest BCUT2D eigenvalue weighted by atomic mass is 10.3. The zero-order chi connectivity index (χ0) is 7.72. The van der Waals surface area contributed by atoms with E-state index in [1.54, 1.807) is 0 Å². The van der Waals surface area contributed by atoms with Crippen LogP contribution in [-0.4, -0.2) is 16.2 Å². The molecule has 0 amide bonds. The molecule has 1 rings (SSSR count). The van der Waals surface area contributed by atoms with Gasteiger partial charge in [-0.1, -0.05) is 0 Å². The van der Waals surface area contributed by atoms with Crippen molar-refractivity contribution in [1.29, 1.82) is 0 Å². The minimum atomic E-state index is -1.24. The van der Waals surface area contributed by atoms with Crippen LogP contribution >= 0.6 is 0 Å². The molecule has 0 saturated carbocycles. The quantitative estimate of drug-likeness (QED) is 0.578. The summed E-state index contributed by atoms with van der Waals surface area (Å²) in [6.07, 6.45) is 0. The van der Waals surface area contributed by atoms with Crippen LogP contribution in [0.1, 0.15) is 16.1 Å². The van der Waals surface area contributed by atoms with Crippen LogP contribution in [0.25, 0.3) is 0 Å². The first-order chi connectivity index (χ1) is 4.63. The topological polar surface area (TPSA) is 83.3 Å². The van der Waals surface area contributed by atoms with Crippen LogP contribution in [0.4, 0.5) is 0 Å². The van der Waals surface area contributed by atoms with Gasteiger partial charge in [-0.15, -0.1) is 0 Å². The van der Waals surface area contributed by atoms with Crippen molar-refractivity contribution in [1.82, 2.24) is 5.16 Å². The second-order valence-corrected chi connectivity index (χ2v) is 1.79. The van der Waals surface area contributed by atoms with Crippen molar-refractivity contribution in [2.45, 2.75) is 6.92 Å². The number of H-pyrrole nitrogens is 1. The van der Waals surface area contributed by atoms with Gasteiger partial charge in [0.15, 0.2) is 0 Å². The van der Waals surface area contributed by atoms with E-state index in [9.17, 15) is 9.59 Å². The van der Waals surface area contributed by atoms with E-state index in [-0.39, 0.29) is 11.3 Å². The highest BCUT2D eigenvalue weighted by atomic mass is 16.5. The predicted molar refractivity (Wildman–Crippen MR) is 31.0 cm³/mol. The molecule has 0 unspecified atom stereocenters. The van der Waals surface area contributed by atoms with Crippen molar-refractivity contribution < 1.29 is 14.4 Å². The van der Waals surface area contributed by atoms with Gasteiger partial charge in [-0.05, 0) is 6.92 Å². The number of carbonyl (C=O) groups is 1. The summed E-state index contributed by atoms with van der Waals surface area (Å²) in [6.45, 7) is 1.38. The average Bonchev–Trinajstić information content (AvgIpc) is 2.14. The number of hydrogen-bond donors (Lipinski definition) is 2. The monoisotopic (exact) mass is 143 g/mol. The second kappa shape index (κ2) is 2.02. The minimum absolute atomic E-state index is 0.0903. The first kappa shape index (κ1) is 6.60. The maximum Gasteiger partial charge on any atom is 0.375 e. The maximum absolute atomic E-state index is 10.5. The lowest BCUT2D eigenvalue weighted by Gasteiger charge is -1.82. The lowest BCUT2D eigenvalue weighted by Crippen LogP contribution is -2.04. The number of carboxylic acids is 1. The highest BCUT2D eigenvalue weighted by molar-refractivity contribution is 5.85. The predicted octanol–water partition coefficient (Wildman–Crippen LogP) is -0.0255. The Morgan fingerprint density at radius 1 is 1.70 bits per heavy atom. The molecule has 0 aliphatic heterocycles. The standard InChI is InChI=1S/C5H5NO4/c1-2-3(5(8)9)10-6-4(2)7/h1H3,(H,6,7)(H,8,9). The summed E-state index contributed by atoms with van der Waals surface area (Å²) in [5, 5.41) is 10.2. The van der Waals surface area contributed by atoms with Crippen LogP contribution in [-0.2, 0) is 0 Å². The highest BCUT2D eigenvalue weighted by Gasteiger charge is 2.14. The Hall–Kier alpha value is -1.52. The van der Waals surface area contributed by atoms with E-state index in [0.717, 1.165) is 0 Å². The van der Waals surface area contributed by atoms with Gasteiger partial charge in [0.2, 0.25) is 5.76 Å². The van der Waals surface area contributed by atoms with E-state index in [0.29, 0.717) is 0 Å². The molecule has 0 saturated heterocycles. The summed E-state index contributed by atoms with van der Waals surface area (Å²) >= 11 is 0. The van der Waals surface area contributed by atoms with Crippen molar-refractivity contribution in [3.8, 4) is 0 Å². The average molecular weight is 143 g/mol. The maximum atomic E-state index is 10.5. The second-order valence-electron chi connectivity index (χ2n) is 1.79. The van der Waals surface area contributed by atoms with Crippen molar-refractivity contribution in [3.63, 3.8) is 0 Å². The molecule has 0 spiro atoms. The Morgan fingerprint density at radius 3 is 2.50 bits per heavy atom. The number of aromatic carboxylic acids is 1. The van der Waals surface area contributed by atoms with Gasteiger partial charge >= 0.3 is 5.97 Å². The van der Waals surface area contributed by atoms with Crippen LogP contribution in [0, 0.1) is 6.92 Å². The van der Waals surface area contributed by atoms with Crippen LogP contribution in [0.5, 0.6) is 0 Å². The van der Waals surface area contributed by atoms with E-state index >= 15 is 0 Å². The Kier molecular flexibility index (Phi) is 1.33. The highest BCUT2D eigenvalue weighted by Crippen LogP contribution is 1.99. The molecule has 0 atom stereocenters. The first-order valence-electron chi connectivity index (χ1n) is 2.54. The molecule has 1 aromatic rings. The number of carboxylic acid groups (broad SMARTS) is 1. The van der Waals surface area contributed by atoms with E-state index in [1.807, 2.05) is 5.16 Å². The molecule has 1 heterocycles. The van der Waals surface area contributed by atoms with E-state index in [4.69, 9.17) is 5.11 Å². The normalized spacial score (nSPS) is 9.70. The summed E-state index contributed by atoms with van der Waals surface area (Å²) in [4.78, 5) is 20.7. The van der Waals surface area contributed by atoms with E-state index in [2.05, 4.69) is 4.52 Å². The molecule has 1 aromatic heterocycles. The Morgan fingerprint density at radius 2 is 2.30 bits per heavy atom. The van der Waals surface area contributed by atoms with Gasteiger partial charge in [0.05, 0.1) is 5.56 Å². The molecular weight excluding hydrogens is 138 g/mol. The summed E-state index contributed by atoms with van der Waals surface area (Å²) < 4.78 is 4.32. The number of aromatic amines is 1. The number of rotatable bonds is 1. The van der Waals surface area contributed by atoms with Crippen LogP contribution < -0.4 is 5.56 Å². The summed E-state index contributed by atoms with van der Waals surface area (Å²) in [6, 6.07) is 0. The molecule has 0 radical (unpaired) electrons. The SMILES string of the molecule is Cc1c(C(=O)O)o[nH]c1=O. The largest absolute Gasteiger partial charge is 0.475 e. The van der Waals surface area contributed by atoms with Crippen LogP contribution in [0.15, 0.2) is 9.32 Å². The smallest absolute Gasteiger partial charge is 0.375 e. The molecule has 0 fully saturated rings.